The molecule has 1 aliphatic rings. The number of hydrogen-bond donors (Lipinski definition) is 1. The monoisotopic (exact) mass is 282 g/mol. The van der Waals surface area contributed by atoms with Crippen LogP contribution < -0.4 is 5.32 Å². The molecule has 5 nitrogen and oxygen atoms in total. The van der Waals surface area contributed by atoms with E-state index in [1.807, 2.05) is 4.90 Å². The Morgan fingerprint density at radius 3 is 2.35 bits per heavy atom. The standard InChI is InChI=1S/C15H30N4O/c1-11(2)8-17-14(16-7)18-9-13(20)19(12(3)4)15(5,6)10-18/h11-12H,8-10H2,1-7H3,(H,16,17). The summed E-state index contributed by atoms with van der Waals surface area (Å²) in [5.41, 5.74) is -0.182. The molecule has 5 heteroatoms. The van der Waals surface area contributed by atoms with E-state index in [1.54, 1.807) is 7.05 Å². The molecule has 1 N–H and O–H groups in total. The molecule has 0 spiro atoms. The van der Waals surface area contributed by atoms with Gasteiger partial charge in [0, 0.05) is 26.2 Å². The number of carbonyl (C=O) groups is 1. The molecule has 0 saturated carbocycles. The van der Waals surface area contributed by atoms with E-state index in [-0.39, 0.29) is 17.5 Å². The lowest BCUT2D eigenvalue weighted by Gasteiger charge is -2.49. The Hall–Kier alpha value is -1.26. The molecule has 1 saturated heterocycles. The van der Waals surface area contributed by atoms with Crippen molar-refractivity contribution < 1.29 is 4.79 Å². The highest BCUT2D eigenvalue weighted by Crippen LogP contribution is 2.24. The minimum absolute atomic E-state index is 0.170. The molecule has 1 amide bonds. The molecule has 0 bridgehead atoms. The zero-order valence-electron chi connectivity index (χ0n) is 14.0. The summed E-state index contributed by atoms with van der Waals surface area (Å²) in [5.74, 6) is 1.54. The number of nitrogens with zero attached hydrogens (tertiary/aromatic N) is 3. The van der Waals surface area contributed by atoms with E-state index in [9.17, 15) is 4.79 Å². The Bertz CT molecular complexity index is 374. The highest BCUT2D eigenvalue weighted by Gasteiger charge is 2.40. The van der Waals surface area contributed by atoms with E-state index in [0.717, 1.165) is 19.0 Å². The maximum absolute atomic E-state index is 12.4. The van der Waals surface area contributed by atoms with Crippen molar-refractivity contribution in [2.24, 2.45) is 10.9 Å². The lowest BCUT2D eigenvalue weighted by Crippen LogP contribution is -2.66. The van der Waals surface area contributed by atoms with Gasteiger partial charge in [0.05, 0.1) is 12.1 Å². The van der Waals surface area contributed by atoms with Gasteiger partial charge < -0.3 is 15.1 Å². The molecule has 1 aliphatic heterocycles. The van der Waals surface area contributed by atoms with Gasteiger partial charge >= 0.3 is 0 Å². The van der Waals surface area contributed by atoms with E-state index in [0.29, 0.717) is 12.5 Å². The van der Waals surface area contributed by atoms with Gasteiger partial charge in [-0.05, 0) is 33.6 Å². The van der Waals surface area contributed by atoms with Gasteiger partial charge in [0.1, 0.15) is 0 Å². The highest BCUT2D eigenvalue weighted by atomic mass is 16.2. The van der Waals surface area contributed by atoms with Gasteiger partial charge in [0.2, 0.25) is 5.91 Å². The van der Waals surface area contributed by atoms with Crippen LogP contribution in [0, 0.1) is 5.92 Å². The summed E-state index contributed by atoms with van der Waals surface area (Å²) >= 11 is 0. The Morgan fingerprint density at radius 1 is 1.35 bits per heavy atom. The quantitative estimate of drug-likeness (QED) is 0.631. The first-order valence-corrected chi connectivity index (χ1v) is 7.46. The van der Waals surface area contributed by atoms with Gasteiger partial charge in [-0.2, -0.15) is 0 Å². The van der Waals surface area contributed by atoms with Crippen LogP contribution >= 0.6 is 0 Å². The molecule has 0 aliphatic carbocycles. The zero-order chi connectivity index (χ0) is 15.5. The topological polar surface area (TPSA) is 47.9 Å². The van der Waals surface area contributed by atoms with Crippen LogP contribution in [0.1, 0.15) is 41.5 Å². The van der Waals surface area contributed by atoms with Crippen LogP contribution in [0.4, 0.5) is 0 Å². The first-order chi connectivity index (χ1) is 9.19. The second-order valence-electron chi connectivity index (χ2n) is 6.85. The predicted octanol–water partition coefficient (Wildman–Crippen LogP) is 1.55. The van der Waals surface area contributed by atoms with Crippen molar-refractivity contribution in [2.45, 2.75) is 53.1 Å². The summed E-state index contributed by atoms with van der Waals surface area (Å²) in [7, 11) is 1.77. The lowest BCUT2D eigenvalue weighted by atomic mass is 9.96. The minimum atomic E-state index is -0.182. The van der Waals surface area contributed by atoms with Gasteiger partial charge in [-0.3, -0.25) is 9.79 Å². The molecule has 116 valence electrons. The van der Waals surface area contributed by atoms with E-state index >= 15 is 0 Å². The van der Waals surface area contributed by atoms with Gasteiger partial charge in [0.15, 0.2) is 5.96 Å². The number of nitrogens with one attached hydrogen (secondary N) is 1. The Kier molecular flexibility index (Phi) is 5.42. The third kappa shape index (κ3) is 3.87. The molecule has 0 radical (unpaired) electrons. The first-order valence-electron chi connectivity index (χ1n) is 7.46. The molecule has 20 heavy (non-hydrogen) atoms. The summed E-state index contributed by atoms with van der Waals surface area (Å²) in [6, 6.07) is 0.227. The van der Waals surface area contributed by atoms with Crippen LogP contribution in [-0.2, 0) is 4.79 Å². The van der Waals surface area contributed by atoms with Crippen molar-refractivity contribution in [3.8, 4) is 0 Å². The number of amides is 1. The lowest BCUT2D eigenvalue weighted by molar-refractivity contribution is -0.145. The van der Waals surface area contributed by atoms with Crippen molar-refractivity contribution in [1.29, 1.82) is 0 Å². The van der Waals surface area contributed by atoms with E-state index < -0.39 is 0 Å². The molecule has 1 heterocycles. The second kappa shape index (κ2) is 6.46. The third-order valence-electron chi connectivity index (χ3n) is 3.52. The number of carbonyl (C=O) groups excluding carboxylic acids is 1. The van der Waals surface area contributed by atoms with Crippen LogP contribution in [0.25, 0.3) is 0 Å². The van der Waals surface area contributed by atoms with Crippen LogP contribution in [0.15, 0.2) is 4.99 Å². The molecule has 0 aromatic rings. The van der Waals surface area contributed by atoms with Gasteiger partial charge in [0.25, 0.3) is 0 Å². The maximum atomic E-state index is 12.4. The van der Waals surface area contributed by atoms with Crippen molar-refractivity contribution in [3.05, 3.63) is 0 Å². The van der Waals surface area contributed by atoms with Crippen molar-refractivity contribution in [2.75, 3.05) is 26.7 Å². The van der Waals surface area contributed by atoms with Gasteiger partial charge in [-0.1, -0.05) is 13.8 Å². The molecule has 1 fully saturated rings. The van der Waals surface area contributed by atoms with Gasteiger partial charge in [-0.25, -0.2) is 0 Å². The number of hydrogen-bond acceptors (Lipinski definition) is 2. The summed E-state index contributed by atoms with van der Waals surface area (Å²) in [4.78, 5) is 20.8. The fraction of sp³-hybridized carbons (Fsp3) is 0.867. The largest absolute Gasteiger partial charge is 0.356 e. The van der Waals surface area contributed by atoms with Crippen molar-refractivity contribution in [1.82, 2.24) is 15.1 Å². The predicted molar refractivity (Wildman–Crippen MR) is 83.8 cm³/mol. The Balaban J connectivity index is 2.83. The normalized spacial score (nSPS) is 20.1. The van der Waals surface area contributed by atoms with Crippen LogP contribution in [-0.4, -0.2) is 59.9 Å². The number of rotatable bonds is 3. The zero-order valence-corrected chi connectivity index (χ0v) is 14.0. The van der Waals surface area contributed by atoms with Gasteiger partial charge in [-0.15, -0.1) is 0 Å². The molecular weight excluding hydrogens is 252 g/mol. The molecule has 1 rings (SSSR count). The maximum Gasteiger partial charge on any atom is 0.242 e. The van der Waals surface area contributed by atoms with Crippen LogP contribution in [0.5, 0.6) is 0 Å². The Labute approximate surface area is 123 Å². The van der Waals surface area contributed by atoms with E-state index in [2.05, 4.69) is 56.8 Å². The third-order valence-corrected chi connectivity index (χ3v) is 3.52. The van der Waals surface area contributed by atoms with Crippen LogP contribution in [0.3, 0.4) is 0 Å². The van der Waals surface area contributed by atoms with Crippen LogP contribution in [0.2, 0.25) is 0 Å². The number of piperazine rings is 1. The smallest absolute Gasteiger partial charge is 0.242 e. The summed E-state index contributed by atoms with van der Waals surface area (Å²) in [5, 5.41) is 3.35. The number of aliphatic imine (C=N–C) groups is 1. The Morgan fingerprint density at radius 2 is 1.95 bits per heavy atom. The molecule has 0 aromatic heterocycles. The molecule has 0 atom stereocenters. The van der Waals surface area contributed by atoms with E-state index in [1.165, 1.54) is 0 Å². The van der Waals surface area contributed by atoms with E-state index in [4.69, 9.17) is 0 Å². The number of guanidine groups is 1. The SMILES string of the molecule is CN=C(NCC(C)C)N1CC(=O)N(C(C)C)C(C)(C)C1. The van der Waals surface area contributed by atoms with Crippen molar-refractivity contribution in [3.63, 3.8) is 0 Å². The molecule has 0 unspecified atom stereocenters. The minimum Gasteiger partial charge on any atom is -0.356 e. The summed E-state index contributed by atoms with van der Waals surface area (Å²) in [6.45, 7) is 14.8. The van der Waals surface area contributed by atoms with Crippen molar-refractivity contribution >= 4 is 11.9 Å². The summed E-state index contributed by atoms with van der Waals surface area (Å²) in [6.07, 6.45) is 0. The fourth-order valence-corrected chi connectivity index (χ4v) is 2.94. The molecular formula is C15H30N4O. The average Bonchev–Trinajstić information content (AvgIpc) is 2.26. The second-order valence-corrected chi connectivity index (χ2v) is 6.85. The fourth-order valence-electron chi connectivity index (χ4n) is 2.94. The molecule has 0 aromatic carbocycles. The average molecular weight is 282 g/mol. The highest BCUT2D eigenvalue weighted by molar-refractivity contribution is 5.88. The summed E-state index contributed by atoms with van der Waals surface area (Å²) < 4.78 is 0. The first kappa shape index (κ1) is 16.8.